The number of nitrogens with two attached hydrogens (primary N) is 2. The third-order valence-electron chi connectivity index (χ3n) is 4.06. The van der Waals surface area contributed by atoms with Gasteiger partial charge in [0.15, 0.2) is 5.84 Å². The van der Waals surface area contributed by atoms with E-state index in [4.69, 9.17) is 11.5 Å². The molecule has 0 aromatic heterocycles. The van der Waals surface area contributed by atoms with E-state index in [-0.39, 0.29) is 24.7 Å². The molecule has 12 nitrogen and oxygen atoms in total. The van der Waals surface area contributed by atoms with Crippen LogP contribution in [0.2, 0.25) is 0 Å². The van der Waals surface area contributed by atoms with Crippen molar-refractivity contribution in [3.63, 3.8) is 0 Å². The number of nitrogens with zero attached hydrogens (tertiary/aromatic N) is 2. The number of hydrogen-bond donors (Lipinski definition) is 4. The van der Waals surface area contributed by atoms with Gasteiger partial charge in [0.25, 0.3) is 0 Å². The first kappa shape index (κ1) is 21.5. The molecule has 2 rings (SSSR count). The summed E-state index contributed by atoms with van der Waals surface area (Å²) in [6, 6.07) is 5.29. The zero-order valence-electron chi connectivity index (χ0n) is 15.7. The fourth-order valence-corrected chi connectivity index (χ4v) is 2.62. The molecule has 156 valence electrons. The van der Waals surface area contributed by atoms with E-state index in [9.17, 15) is 19.2 Å². The summed E-state index contributed by atoms with van der Waals surface area (Å²) in [5, 5.41) is 8.46. The number of carbonyl (C=O) groups is 4. The number of amidine groups is 1. The van der Waals surface area contributed by atoms with Crippen LogP contribution in [0.5, 0.6) is 0 Å². The highest BCUT2D eigenvalue weighted by atomic mass is 16.7. The molecule has 12 heteroatoms. The van der Waals surface area contributed by atoms with Gasteiger partial charge in [-0.25, -0.2) is 9.59 Å². The van der Waals surface area contributed by atoms with E-state index in [1.807, 2.05) is 0 Å². The SMILES string of the molecule is COC(=O)CCNC(=O)NC1CCN(c2ccc(C(N)=NOC(N)=O)cc2)C1=O. The topological polar surface area (TPSA) is 178 Å². The average Bonchev–Trinajstić information content (AvgIpc) is 3.06. The molecule has 1 fully saturated rings. The van der Waals surface area contributed by atoms with Crippen LogP contribution in [-0.2, 0) is 19.2 Å². The highest BCUT2D eigenvalue weighted by Gasteiger charge is 2.33. The van der Waals surface area contributed by atoms with E-state index < -0.39 is 24.1 Å². The number of oxime groups is 1. The van der Waals surface area contributed by atoms with Crippen molar-refractivity contribution in [2.24, 2.45) is 16.6 Å². The highest BCUT2D eigenvalue weighted by Crippen LogP contribution is 2.22. The monoisotopic (exact) mass is 406 g/mol. The Bertz CT molecular complexity index is 809. The van der Waals surface area contributed by atoms with Gasteiger partial charge in [-0.3, -0.25) is 14.4 Å². The van der Waals surface area contributed by atoms with Crippen LogP contribution in [-0.4, -0.2) is 56.1 Å². The molecule has 1 aliphatic rings. The Morgan fingerprint density at radius 2 is 1.93 bits per heavy atom. The van der Waals surface area contributed by atoms with Gasteiger partial charge in [-0.1, -0.05) is 5.16 Å². The molecular weight excluding hydrogens is 384 g/mol. The van der Waals surface area contributed by atoms with Gasteiger partial charge in [0, 0.05) is 24.3 Å². The van der Waals surface area contributed by atoms with Gasteiger partial charge in [-0.05, 0) is 30.7 Å². The van der Waals surface area contributed by atoms with E-state index in [2.05, 4.69) is 25.4 Å². The van der Waals surface area contributed by atoms with E-state index in [0.717, 1.165) is 0 Å². The zero-order chi connectivity index (χ0) is 21.4. The van der Waals surface area contributed by atoms with Crippen LogP contribution in [0.15, 0.2) is 29.4 Å². The van der Waals surface area contributed by atoms with Gasteiger partial charge in [0.05, 0.1) is 13.5 Å². The van der Waals surface area contributed by atoms with Crippen LogP contribution in [0, 0.1) is 0 Å². The molecule has 29 heavy (non-hydrogen) atoms. The Kier molecular flexibility index (Phi) is 7.34. The number of nitrogens with one attached hydrogen (secondary N) is 2. The number of esters is 1. The lowest BCUT2D eigenvalue weighted by Crippen LogP contribution is -2.46. The van der Waals surface area contributed by atoms with Crippen molar-refractivity contribution in [3.8, 4) is 0 Å². The Labute approximate surface area is 166 Å². The predicted octanol–water partition coefficient (Wildman–Crippen LogP) is -0.630. The first-order valence-electron chi connectivity index (χ1n) is 8.64. The van der Waals surface area contributed by atoms with E-state index in [1.54, 1.807) is 24.3 Å². The Hall–Kier alpha value is -3.83. The molecule has 1 aromatic carbocycles. The van der Waals surface area contributed by atoms with Crippen molar-refractivity contribution in [2.75, 3.05) is 25.1 Å². The first-order chi connectivity index (χ1) is 13.8. The molecule has 6 N–H and O–H groups in total. The van der Waals surface area contributed by atoms with Crippen molar-refractivity contribution < 1.29 is 28.8 Å². The molecule has 1 saturated heterocycles. The number of methoxy groups -OCH3 is 1. The molecule has 1 atom stereocenters. The van der Waals surface area contributed by atoms with E-state index in [1.165, 1.54) is 12.0 Å². The summed E-state index contributed by atoms with van der Waals surface area (Å²) in [7, 11) is 1.26. The normalized spacial score (nSPS) is 16.3. The molecule has 0 spiro atoms. The fraction of sp³-hybridized carbons (Fsp3) is 0.353. The summed E-state index contributed by atoms with van der Waals surface area (Å²) < 4.78 is 4.48. The fourth-order valence-electron chi connectivity index (χ4n) is 2.62. The summed E-state index contributed by atoms with van der Waals surface area (Å²) in [5.74, 6) is -0.755. The van der Waals surface area contributed by atoms with E-state index >= 15 is 0 Å². The quantitative estimate of drug-likeness (QED) is 0.153. The maximum Gasteiger partial charge on any atom is 0.430 e. The van der Waals surface area contributed by atoms with Crippen LogP contribution in [0.25, 0.3) is 0 Å². The number of anilines is 1. The van der Waals surface area contributed by atoms with Crippen molar-refractivity contribution in [2.45, 2.75) is 18.9 Å². The second-order valence-corrected chi connectivity index (χ2v) is 5.99. The maximum absolute atomic E-state index is 12.6. The minimum Gasteiger partial charge on any atom is -0.469 e. The van der Waals surface area contributed by atoms with E-state index in [0.29, 0.717) is 24.2 Å². The van der Waals surface area contributed by atoms with Crippen LogP contribution < -0.4 is 27.0 Å². The average molecular weight is 406 g/mol. The lowest BCUT2D eigenvalue weighted by molar-refractivity contribution is -0.140. The van der Waals surface area contributed by atoms with Gasteiger partial charge in [-0.2, -0.15) is 0 Å². The Morgan fingerprint density at radius 3 is 2.55 bits per heavy atom. The van der Waals surface area contributed by atoms with Crippen molar-refractivity contribution in [1.29, 1.82) is 0 Å². The first-order valence-corrected chi connectivity index (χ1v) is 8.64. The van der Waals surface area contributed by atoms with Crippen molar-refractivity contribution in [1.82, 2.24) is 10.6 Å². The maximum atomic E-state index is 12.6. The lowest BCUT2D eigenvalue weighted by Gasteiger charge is -2.18. The Morgan fingerprint density at radius 1 is 1.24 bits per heavy atom. The summed E-state index contributed by atoms with van der Waals surface area (Å²) in [5.41, 5.74) is 11.6. The van der Waals surface area contributed by atoms with Crippen molar-refractivity contribution >= 4 is 35.5 Å². The minimum atomic E-state index is -1.08. The number of benzene rings is 1. The largest absolute Gasteiger partial charge is 0.469 e. The molecule has 1 unspecified atom stereocenters. The predicted molar refractivity (Wildman–Crippen MR) is 102 cm³/mol. The van der Waals surface area contributed by atoms with Crippen LogP contribution in [0.1, 0.15) is 18.4 Å². The van der Waals surface area contributed by atoms with Gasteiger partial charge in [0.2, 0.25) is 5.91 Å². The highest BCUT2D eigenvalue weighted by molar-refractivity contribution is 6.02. The molecule has 1 heterocycles. The Balaban J connectivity index is 1.90. The van der Waals surface area contributed by atoms with Gasteiger partial charge in [0.1, 0.15) is 6.04 Å². The number of amides is 4. The van der Waals surface area contributed by atoms with Crippen LogP contribution in [0.3, 0.4) is 0 Å². The molecule has 0 bridgehead atoms. The van der Waals surface area contributed by atoms with Gasteiger partial charge < -0.3 is 31.7 Å². The second-order valence-electron chi connectivity index (χ2n) is 5.99. The number of carbonyl (C=O) groups excluding carboxylic acids is 4. The molecule has 0 saturated carbocycles. The zero-order valence-corrected chi connectivity index (χ0v) is 15.7. The molecule has 1 aromatic rings. The van der Waals surface area contributed by atoms with Gasteiger partial charge in [-0.15, -0.1) is 0 Å². The molecule has 4 amide bonds. The van der Waals surface area contributed by atoms with Crippen LogP contribution >= 0.6 is 0 Å². The summed E-state index contributed by atoms with van der Waals surface area (Å²) in [6.45, 7) is 0.521. The minimum absolute atomic E-state index is 0.0396. The second kappa shape index (κ2) is 9.92. The number of hydrogen-bond acceptors (Lipinski definition) is 7. The number of primary amides is 1. The van der Waals surface area contributed by atoms with Crippen LogP contribution in [0.4, 0.5) is 15.3 Å². The molecule has 0 aliphatic carbocycles. The third-order valence-corrected chi connectivity index (χ3v) is 4.06. The number of ether oxygens (including phenoxy) is 1. The standard InChI is InChI=1S/C17H22N6O6/c1-28-13(24)6-8-20-17(27)21-12-7-9-23(15(12)25)11-4-2-10(3-5-11)14(18)22-29-16(19)26/h2-5,12H,6-9H2,1H3,(H2,18,22)(H2,19,26)(H2,20,21,27). The smallest absolute Gasteiger partial charge is 0.430 e. The molecule has 1 aliphatic heterocycles. The summed E-state index contributed by atoms with van der Waals surface area (Å²) >= 11 is 0. The summed E-state index contributed by atoms with van der Waals surface area (Å²) in [4.78, 5) is 51.8. The third kappa shape index (κ3) is 6.09. The molecular formula is C17H22N6O6. The summed E-state index contributed by atoms with van der Waals surface area (Å²) in [6.07, 6.45) is -0.612. The molecule has 0 radical (unpaired) electrons. The van der Waals surface area contributed by atoms with Crippen molar-refractivity contribution in [3.05, 3.63) is 29.8 Å². The lowest BCUT2D eigenvalue weighted by atomic mass is 10.2. The number of urea groups is 1. The number of rotatable bonds is 7. The van der Waals surface area contributed by atoms with Gasteiger partial charge >= 0.3 is 18.1 Å².